The van der Waals surface area contributed by atoms with Crippen LogP contribution >= 0.6 is 11.3 Å². The lowest BCUT2D eigenvalue weighted by Crippen LogP contribution is -2.58. The van der Waals surface area contributed by atoms with Crippen LogP contribution in [0.2, 0.25) is 0 Å². The van der Waals surface area contributed by atoms with Crippen molar-refractivity contribution in [2.75, 3.05) is 18.4 Å². The molecule has 0 bridgehead atoms. The van der Waals surface area contributed by atoms with Gasteiger partial charge in [0.25, 0.3) is 0 Å². The van der Waals surface area contributed by atoms with Gasteiger partial charge in [-0.05, 0) is 6.92 Å². The van der Waals surface area contributed by atoms with E-state index >= 15 is 0 Å². The van der Waals surface area contributed by atoms with Gasteiger partial charge in [0, 0.05) is 57.0 Å². The first-order valence-corrected chi connectivity index (χ1v) is 9.83. The molecule has 28 heavy (non-hydrogen) atoms. The largest absolute Gasteiger partial charge is 0.337 e. The molecule has 0 spiro atoms. The molecule has 0 aromatic carbocycles. The van der Waals surface area contributed by atoms with E-state index in [1.165, 1.54) is 18.3 Å². The van der Waals surface area contributed by atoms with Crippen molar-refractivity contribution in [3.05, 3.63) is 35.1 Å². The van der Waals surface area contributed by atoms with Gasteiger partial charge in [0.1, 0.15) is 5.82 Å². The Bertz CT molecular complexity index is 843. The first-order chi connectivity index (χ1) is 13.3. The average molecular weight is 406 g/mol. The van der Waals surface area contributed by atoms with Gasteiger partial charge in [-0.15, -0.1) is 11.3 Å². The molecule has 1 fully saturated rings. The Morgan fingerprint density at radius 2 is 1.93 bits per heavy atom. The van der Waals surface area contributed by atoms with E-state index in [2.05, 4.69) is 32.1 Å². The third kappa shape index (κ3) is 5.08. The zero-order chi connectivity index (χ0) is 20.3. The summed E-state index contributed by atoms with van der Waals surface area (Å²) in [6.45, 7) is 7.00. The van der Waals surface area contributed by atoms with Gasteiger partial charge in [-0.25, -0.2) is 19.3 Å². The molecule has 2 aromatic heterocycles. The Labute approximate surface area is 166 Å². The summed E-state index contributed by atoms with van der Waals surface area (Å²) in [6, 6.07) is 0.0718. The number of piperazine rings is 1. The fourth-order valence-corrected chi connectivity index (χ4v) is 4.21. The van der Waals surface area contributed by atoms with E-state index in [-0.39, 0.29) is 23.9 Å². The van der Waals surface area contributed by atoms with E-state index in [4.69, 9.17) is 0 Å². The minimum absolute atomic E-state index is 0.00402. The third-order valence-electron chi connectivity index (χ3n) is 4.66. The van der Waals surface area contributed by atoms with Crippen LogP contribution in [0.1, 0.15) is 31.5 Å². The van der Waals surface area contributed by atoms with E-state index in [1.54, 1.807) is 13.1 Å². The van der Waals surface area contributed by atoms with Crippen LogP contribution in [0.5, 0.6) is 0 Å². The maximum absolute atomic E-state index is 13.1. The van der Waals surface area contributed by atoms with E-state index in [0.717, 1.165) is 17.3 Å². The number of anilines is 1. The monoisotopic (exact) mass is 406 g/mol. The molecule has 0 saturated carbocycles. The number of carbonyl (C=O) groups excluding carboxylic acids is 2. The smallest absolute Gasteiger partial charge is 0.223 e. The number of rotatable bonds is 5. The lowest BCUT2D eigenvalue weighted by Gasteiger charge is -2.44. The summed E-state index contributed by atoms with van der Waals surface area (Å²) in [5.74, 6) is -0.114. The summed E-state index contributed by atoms with van der Waals surface area (Å²) < 4.78 is 13.1. The van der Waals surface area contributed by atoms with Gasteiger partial charge in [0.05, 0.1) is 18.4 Å². The molecule has 10 heteroatoms. The molecular formula is C18H23FN6O2S. The van der Waals surface area contributed by atoms with Crippen LogP contribution in [0.3, 0.4) is 0 Å². The number of hydrogen-bond acceptors (Lipinski definition) is 7. The van der Waals surface area contributed by atoms with E-state index < -0.39 is 5.82 Å². The number of aromatic nitrogens is 3. The predicted octanol–water partition coefficient (Wildman–Crippen LogP) is 1.69. The molecule has 150 valence electrons. The summed E-state index contributed by atoms with van der Waals surface area (Å²) >= 11 is 1.44. The quantitative estimate of drug-likeness (QED) is 0.813. The molecule has 1 saturated heterocycles. The van der Waals surface area contributed by atoms with Crippen molar-refractivity contribution in [3.63, 3.8) is 0 Å². The highest BCUT2D eigenvalue weighted by Crippen LogP contribution is 2.24. The second kappa shape index (κ2) is 8.70. The van der Waals surface area contributed by atoms with Crippen molar-refractivity contribution in [2.45, 2.75) is 45.8 Å². The van der Waals surface area contributed by atoms with Gasteiger partial charge in [0.15, 0.2) is 10.9 Å². The summed E-state index contributed by atoms with van der Waals surface area (Å²) in [5, 5.41) is 3.27. The topological polar surface area (TPSA) is 91.3 Å². The maximum Gasteiger partial charge on any atom is 0.223 e. The van der Waals surface area contributed by atoms with E-state index in [9.17, 15) is 14.0 Å². The van der Waals surface area contributed by atoms with E-state index in [1.807, 2.05) is 4.90 Å². The molecule has 1 aliphatic rings. The first kappa shape index (κ1) is 20.3. The van der Waals surface area contributed by atoms with Gasteiger partial charge in [0.2, 0.25) is 11.8 Å². The molecule has 1 aliphatic heterocycles. The van der Waals surface area contributed by atoms with Crippen LogP contribution in [0.4, 0.5) is 9.52 Å². The Kier molecular flexibility index (Phi) is 6.30. The summed E-state index contributed by atoms with van der Waals surface area (Å²) in [6.07, 6.45) is 4.51. The highest BCUT2D eigenvalue weighted by molar-refractivity contribution is 7.15. The van der Waals surface area contributed by atoms with Gasteiger partial charge in [-0.1, -0.05) is 0 Å². The Morgan fingerprint density at radius 1 is 1.21 bits per heavy atom. The number of halogens is 1. The molecule has 1 unspecified atom stereocenters. The zero-order valence-electron chi connectivity index (χ0n) is 16.1. The molecule has 0 aliphatic carbocycles. The molecule has 2 aromatic rings. The minimum Gasteiger partial charge on any atom is -0.337 e. The van der Waals surface area contributed by atoms with Crippen LogP contribution in [-0.4, -0.2) is 61.7 Å². The Balaban J connectivity index is 1.71. The van der Waals surface area contributed by atoms with E-state index in [0.29, 0.717) is 37.0 Å². The summed E-state index contributed by atoms with van der Waals surface area (Å²) in [4.78, 5) is 40.7. The van der Waals surface area contributed by atoms with Crippen molar-refractivity contribution < 1.29 is 14.0 Å². The minimum atomic E-state index is -0.480. The van der Waals surface area contributed by atoms with Crippen LogP contribution in [-0.2, 0) is 22.6 Å². The second-order valence-corrected chi connectivity index (χ2v) is 8.05. The van der Waals surface area contributed by atoms with Crippen LogP contribution in [0.15, 0.2) is 18.6 Å². The number of nitrogens with zero attached hydrogens (tertiary/aromatic N) is 5. The second-order valence-electron chi connectivity index (χ2n) is 6.94. The molecule has 0 radical (unpaired) electrons. The maximum atomic E-state index is 13.1. The number of nitrogens with one attached hydrogen (secondary N) is 1. The fraction of sp³-hybridized carbons (Fsp3) is 0.500. The van der Waals surface area contributed by atoms with Gasteiger partial charge >= 0.3 is 0 Å². The van der Waals surface area contributed by atoms with Gasteiger partial charge in [-0.3, -0.25) is 14.5 Å². The Hall–Kier alpha value is -2.46. The van der Waals surface area contributed by atoms with Crippen molar-refractivity contribution in [1.82, 2.24) is 24.8 Å². The SMILES string of the molecule is CC(=O)Nc1ncc(CN2CC(Cc3ncc(F)cn3)N(C(C)=O)C[C@@H]2C)s1. The molecule has 8 nitrogen and oxygen atoms in total. The van der Waals surface area contributed by atoms with Crippen LogP contribution in [0.25, 0.3) is 0 Å². The molecule has 3 rings (SSSR count). The molecular weight excluding hydrogens is 383 g/mol. The molecule has 2 atom stereocenters. The van der Waals surface area contributed by atoms with Crippen molar-refractivity contribution in [3.8, 4) is 0 Å². The summed E-state index contributed by atoms with van der Waals surface area (Å²) in [7, 11) is 0. The van der Waals surface area contributed by atoms with Crippen LogP contribution in [0, 0.1) is 5.82 Å². The zero-order valence-corrected chi connectivity index (χ0v) is 16.9. The molecule has 3 heterocycles. The number of thiazole rings is 1. The highest BCUT2D eigenvalue weighted by atomic mass is 32.1. The number of hydrogen-bond donors (Lipinski definition) is 1. The lowest BCUT2D eigenvalue weighted by molar-refractivity contribution is -0.135. The van der Waals surface area contributed by atoms with Gasteiger partial charge in [-0.2, -0.15) is 0 Å². The molecule has 1 N–H and O–H groups in total. The predicted molar refractivity (Wildman–Crippen MR) is 103 cm³/mol. The van der Waals surface area contributed by atoms with Gasteiger partial charge < -0.3 is 10.2 Å². The van der Waals surface area contributed by atoms with Crippen molar-refractivity contribution in [1.29, 1.82) is 0 Å². The molecule has 2 amide bonds. The average Bonchev–Trinajstić information content (AvgIpc) is 3.05. The highest BCUT2D eigenvalue weighted by Gasteiger charge is 2.33. The lowest BCUT2D eigenvalue weighted by atomic mass is 10.0. The third-order valence-corrected chi connectivity index (χ3v) is 5.56. The number of amides is 2. The van der Waals surface area contributed by atoms with Crippen molar-refractivity contribution >= 4 is 28.3 Å². The van der Waals surface area contributed by atoms with Crippen molar-refractivity contribution in [2.24, 2.45) is 0 Å². The first-order valence-electron chi connectivity index (χ1n) is 9.01. The standard InChI is InChI=1S/C18H23FN6O2S/c1-11-8-25(13(3)27)15(4-17-20-5-14(19)6-21-17)9-24(11)10-16-7-22-18(28-16)23-12(2)26/h5-7,11,15H,4,8-10H2,1-3H3,(H,22,23,26)/t11-,15?/m0/s1. The Morgan fingerprint density at radius 3 is 2.57 bits per heavy atom. The van der Waals surface area contributed by atoms with Crippen LogP contribution < -0.4 is 5.32 Å². The summed E-state index contributed by atoms with van der Waals surface area (Å²) in [5.41, 5.74) is 0. The fourth-order valence-electron chi connectivity index (χ4n) is 3.32. The number of carbonyl (C=O) groups is 2. The normalized spacial score (nSPS) is 20.2.